The molecule has 120 valence electrons. The number of ether oxygens (including phenoxy) is 3. The summed E-state index contributed by atoms with van der Waals surface area (Å²) in [6.45, 7) is 12.3. The van der Waals surface area contributed by atoms with Crippen molar-refractivity contribution in [2.75, 3.05) is 46.1 Å². The Morgan fingerprint density at radius 3 is 2.05 bits per heavy atom. The van der Waals surface area contributed by atoms with Crippen LogP contribution in [0.3, 0.4) is 0 Å². The van der Waals surface area contributed by atoms with Crippen molar-refractivity contribution in [2.24, 2.45) is 0 Å². The summed E-state index contributed by atoms with van der Waals surface area (Å²) in [5.74, 6) is 0. The van der Waals surface area contributed by atoms with Gasteiger partial charge in [0.2, 0.25) is 0 Å². The van der Waals surface area contributed by atoms with Crippen LogP contribution in [-0.4, -0.2) is 57.8 Å². The monoisotopic (exact) mass is 290 g/mol. The minimum Gasteiger partial charge on any atom is -0.444 e. The highest BCUT2D eigenvalue weighted by Crippen LogP contribution is 2.05. The number of carbonyl (C=O) groups excluding carboxylic acids is 1. The van der Waals surface area contributed by atoms with Crippen LogP contribution in [0.5, 0.6) is 0 Å². The summed E-state index contributed by atoms with van der Waals surface area (Å²) in [4.78, 5) is 11.3. The quantitative estimate of drug-likeness (QED) is 0.565. The second-order valence-electron chi connectivity index (χ2n) is 5.40. The zero-order valence-electron chi connectivity index (χ0n) is 13.3. The van der Waals surface area contributed by atoms with Crippen molar-refractivity contribution in [1.82, 2.24) is 10.6 Å². The SMILES string of the molecule is CCCOCCNCCOCCNC(=O)OC(C)(C)C. The summed E-state index contributed by atoms with van der Waals surface area (Å²) in [5, 5.41) is 5.85. The molecule has 0 saturated heterocycles. The molecule has 0 unspecified atom stereocenters. The molecule has 0 aromatic carbocycles. The highest BCUT2D eigenvalue weighted by atomic mass is 16.6. The van der Waals surface area contributed by atoms with Crippen LogP contribution in [-0.2, 0) is 14.2 Å². The molecule has 20 heavy (non-hydrogen) atoms. The molecule has 0 atom stereocenters. The van der Waals surface area contributed by atoms with Crippen molar-refractivity contribution in [3.8, 4) is 0 Å². The van der Waals surface area contributed by atoms with Crippen molar-refractivity contribution in [3.05, 3.63) is 0 Å². The van der Waals surface area contributed by atoms with E-state index in [-0.39, 0.29) is 0 Å². The molecule has 0 aromatic rings. The Balaban J connectivity index is 3.19. The van der Waals surface area contributed by atoms with E-state index >= 15 is 0 Å². The van der Waals surface area contributed by atoms with Gasteiger partial charge in [-0.1, -0.05) is 6.92 Å². The average molecular weight is 290 g/mol. The molecule has 0 saturated carbocycles. The van der Waals surface area contributed by atoms with Crippen LogP contribution in [0.4, 0.5) is 4.79 Å². The first-order valence-electron chi connectivity index (χ1n) is 7.28. The smallest absolute Gasteiger partial charge is 0.407 e. The van der Waals surface area contributed by atoms with E-state index in [1.54, 1.807) is 0 Å². The fraction of sp³-hybridized carbons (Fsp3) is 0.929. The Kier molecular flexibility index (Phi) is 11.4. The number of amides is 1. The lowest BCUT2D eigenvalue weighted by molar-refractivity contribution is 0.0499. The molecule has 0 aliphatic rings. The molecule has 0 aromatic heterocycles. The third-order valence-electron chi connectivity index (χ3n) is 2.11. The highest BCUT2D eigenvalue weighted by Gasteiger charge is 2.15. The fourth-order valence-electron chi connectivity index (χ4n) is 1.30. The van der Waals surface area contributed by atoms with Gasteiger partial charge in [-0.3, -0.25) is 0 Å². The van der Waals surface area contributed by atoms with Crippen LogP contribution >= 0.6 is 0 Å². The van der Waals surface area contributed by atoms with E-state index in [2.05, 4.69) is 17.6 Å². The Morgan fingerprint density at radius 2 is 1.50 bits per heavy atom. The van der Waals surface area contributed by atoms with Crippen molar-refractivity contribution >= 4 is 6.09 Å². The fourth-order valence-corrected chi connectivity index (χ4v) is 1.30. The average Bonchev–Trinajstić information content (AvgIpc) is 2.34. The van der Waals surface area contributed by atoms with Gasteiger partial charge in [0.1, 0.15) is 5.60 Å². The molecule has 0 aliphatic heterocycles. The first kappa shape index (κ1) is 19.1. The molecule has 2 N–H and O–H groups in total. The number of nitrogens with one attached hydrogen (secondary N) is 2. The summed E-state index contributed by atoms with van der Waals surface area (Å²) in [6.07, 6.45) is 0.639. The van der Waals surface area contributed by atoms with Crippen molar-refractivity contribution in [3.63, 3.8) is 0 Å². The summed E-state index contributed by atoms with van der Waals surface area (Å²) in [5.41, 5.74) is -0.464. The van der Waals surface area contributed by atoms with E-state index < -0.39 is 11.7 Å². The molecule has 6 heteroatoms. The van der Waals surface area contributed by atoms with Gasteiger partial charge in [-0.25, -0.2) is 4.79 Å². The number of alkyl carbamates (subject to hydrolysis) is 1. The first-order valence-corrected chi connectivity index (χ1v) is 7.28. The minimum absolute atomic E-state index is 0.410. The van der Waals surface area contributed by atoms with Crippen LogP contribution in [0.25, 0.3) is 0 Å². The topological polar surface area (TPSA) is 68.8 Å². The lowest BCUT2D eigenvalue weighted by Gasteiger charge is -2.19. The number of carbonyl (C=O) groups is 1. The summed E-state index contributed by atoms with van der Waals surface area (Å²) < 4.78 is 15.8. The molecule has 0 rings (SSSR count). The van der Waals surface area contributed by atoms with E-state index in [4.69, 9.17) is 14.2 Å². The van der Waals surface area contributed by atoms with Crippen LogP contribution < -0.4 is 10.6 Å². The lowest BCUT2D eigenvalue weighted by Crippen LogP contribution is -2.34. The van der Waals surface area contributed by atoms with Gasteiger partial charge >= 0.3 is 6.09 Å². The first-order chi connectivity index (χ1) is 9.45. The lowest BCUT2D eigenvalue weighted by atomic mass is 10.2. The number of rotatable bonds is 11. The molecule has 0 spiro atoms. The number of hydrogen-bond acceptors (Lipinski definition) is 5. The van der Waals surface area contributed by atoms with Crippen LogP contribution in [0, 0.1) is 0 Å². The second kappa shape index (κ2) is 11.9. The van der Waals surface area contributed by atoms with Crippen LogP contribution in [0.1, 0.15) is 34.1 Å². The summed E-state index contributed by atoms with van der Waals surface area (Å²) >= 11 is 0. The Labute approximate surface area is 122 Å². The third kappa shape index (κ3) is 15.2. The standard InChI is InChI=1S/C14H30N2O4/c1-5-9-18-10-6-15-7-11-19-12-8-16-13(17)20-14(2,3)4/h15H,5-12H2,1-4H3,(H,16,17). The molecular weight excluding hydrogens is 260 g/mol. The predicted octanol–water partition coefficient (Wildman–Crippen LogP) is 1.54. The van der Waals surface area contributed by atoms with Gasteiger partial charge in [-0.15, -0.1) is 0 Å². The van der Waals surface area contributed by atoms with Gasteiger partial charge in [-0.05, 0) is 27.2 Å². The van der Waals surface area contributed by atoms with Crippen molar-refractivity contribution in [1.29, 1.82) is 0 Å². The van der Waals surface area contributed by atoms with Gasteiger partial charge in [0.15, 0.2) is 0 Å². The molecule has 0 radical (unpaired) electrons. The van der Waals surface area contributed by atoms with Crippen LogP contribution in [0.2, 0.25) is 0 Å². The normalized spacial score (nSPS) is 11.4. The highest BCUT2D eigenvalue weighted by molar-refractivity contribution is 5.67. The molecule has 0 heterocycles. The Bertz CT molecular complexity index is 242. The molecular formula is C14H30N2O4. The molecule has 1 amide bonds. The maximum atomic E-state index is 11.3. The minimum atomic E-state index is -0.464. The van der Waals surface area contributed by atoms with E-state index in [1.165, 1.54) is 0 Å². The van der Waals surface area contributed by atoms with E-state index in [0.717, 1.165) is 32.7 Å². The van der Waals surface area contributed by atoms with E-state index in [9.17, 15) is 4.79 Å². The molecule has 0 aliphatic carbocycles. The Morgan fingerprint density at radius 1 is 0.950 bits per heavy atom. The summed E-state index contributed by atoms with van der Waals surface area (Å²) in [6, 6.07) is 0. The molecule has 0 fully saturated rings. The third-order valence-corrected chi connectivity index (χ3v) is 2.11. The van der Waals surface area contributed by atoms with Crippen molar-refractivity contribution in [2.45, 2.75) is 39.7 Å². The van der Waals surface area contributed by atoms with E-state index in [0.29, 0.717) is 19.8 Å². The maximum absolute atomic E-state index is 11.3. The van der Waals surface area contributed by atoms with Gasteiger partial charge in [0.25, 0.3) is 0 Å². The zero-order chi connectivity index (χ0) is 15.3. The van der Waals surface area contributed by atoms with Gasteiger partial charge in [0, 0.05) is 26.2 Å². The van der Waals surface area contributed by atoms with Crippen LogP contribution in [0.15, 0.2) is 0 Å². The zero-order valence-corrected chi connectivity index (χ0v) is 13.3. The van der Waals surface area contributed by atoms with E-state index in [1.807, 2.05) is 20.8 Å². The Hall–Kier alpha value is -0.850. The van der Waals surface area contributed by atoms with Gasteiger partial charge < -0.3 is 24.8 Å². The molecule has 6 nitrogen and oxygen atoms in total. The van der Waals surface area contributed by atoms with Gasteiger partial charge in [0.05, 0.1) is 19.8 Å². The summed E-state index contributed by atoms with van der Waals surface area (Å²) in [7, 11) is 0. The van der Waals surface area contributed by atoms with Gasteiger partial charge in [-0.2, -0.15) is 0 Å². The second-order valence-corrected chi connectivity index (χ2v) is 5.40. The number of hydrogen-bond donors (Lipinski definition) is 2. The predicted molar refractivity (Wildman–Crippen MR) is 79.0 cm³/mol. The largest absolute Gasteiger partial charge is 0.444 e. The van der Waals surface area contributed by atoms with Crippen molar-refractivity contribution < 1.29 is 19.0 Å². The molecule has 0 bridgehead atoms. The maximum Gasteiger partial charge on any atom is 0.407 e.